The second-order valence-electron chi connectivity index (χ2n) is 6.60. The van der Waals surface area contributed by atoms with E-state index in [0.29, 0.717) is 36.3 Å². The van der Waals surface area contributed by atoms with Gasteiger partial charge in [-0.05, 0) is 43.9 Å². The van der Waals surface area contributed by atoms with Gasteiger partial charge in [0, 0.05) is 42.6 Å². The maximum absolute atomic E-state index is 12.4. The van der Waals surface area contributed by atoms with E-state index in [2.05, 4.69) is 0 Å². The Hall–Kier alpha value is -2.05. The van der Waals surface area contributed by atoms with Gasteiger partial charge in [-0.25, -0.2) is 4.79 Å². The molecule has 1 unspecified atom stereocenters. The first-order valence-electron chi connectivity index (χ1n) is 8.63. The number of hydrogen-bond donors (Lipinski definition) is 1. The third-order valence-electron chi connectivity index (χ3n) is 4.89. The molecule has 26 heavy (non-hydrogen) atoms. The van der Waals surface area contributed by atoms with Gasteiger partial charge in [0.2, 0.25) is 5.91 Å². The molecular formula is C19H25ClN2O4. The third-order valence-corrected chi connectivity index (χ3v) is 4.89. The van der Waals surface area contributed by atoms with Crippen molar-refractivity contribution in [2.75, 3.05) is 20.2 Å². The number of nitrogens with two attached hydrogens (primary N) is 1. The minimum absolute atomic E-state index is 0. The molecule has 1 saturated heterocycles. The molecule has 142 valence electrons. The summed E-state index contributed by atoms with van der Waals surface area (Å²) in [4.78, 5) is 26.6. The van der Waals surface area contributed by atoms with Gasteiger partial charge in [0.25, 0.3) is 0 Å². The number of aryl methyl sites for hydroxylation is 1. The number of piperidine rings is 1. The molecule has 6 nitrogen and oxygen atoms in total. The van der Waals surface area contributed by atoms with E-state index in [-0.39, 0.29) is 30.0 Å². The number of nitrogens with zero attached hydrogens (tertiary/aromatic N) is 1. The van der Waals surface area contributed by atoms with Gasteiger partial charge in [0.1, 0.15) is 11.3 Å². The fourth-order valence-electron chi connectivity index (χ4n) is 3.42. The predicted octanol–water partition coefficient (Wildman–Crippen LogP) is 2.41. The summed E-state index contributed by atoms with van der Waals surface area (Å²) in [6, 6.07) is 5.47. The van der Waals surface area contributed by atoms with Crippen molar-refractivity contribution in [1.29, 1.82) is 0 Å². The molecule has 7 heteroatoms. The third kappa shape index (κ3) is 4.19. The Labute approximate surface area is 158 Å². The molecular weight excluding hydrogens is 356 g/mol. The van der Waals surface area contributed by atoms with Gasteiger partial charge in [-0.2, -0.15) is 0 Å². The molecule has 3 rings (SSSR count). The number of halogens is 1. The Morgan fingerprint density at radius 3 is 2.88 bits per heavy atom. The Bertz CT molecular complexity index is 849. The maximum atomic E-state index is 12.4. The lowest BCUT2D eigenvalue weighted by Gasteiger charge is -2.30. The first kappa shape index (κ1) is 20.3. The van der Waals surface area contributed by atoms with Gasteiger partial charge in [-0.3, -0.25) is 4.79 Å². The number of carbonyl (C=O) groups is 1. The second kappa shape index (κ2) is 8.56. The van der Waals surface area contributed by atoms with Gasteiger partial charge < -0.3 is 19.8 Å². The minimum Gasteiger partial charge on any atom is -0.497 e. The summed E-state index contributed by atoms with van der Waals surface area (Å²) < 4.78 is 10.6. The average Bonchev–Trinajstić information content (AvgIpc) is 2.60. The van der Waals surface area contributed by atoms with Crippen molar-refractivity contribution >= 4 is 29.3 Å². The van der Waals surface area contributed by atoms with E-state index in [0.717, 1.165) is 30.3 Å². The van der Waals surface area contributed by atoms with Gasteiger partial charge >= 0.3 is 5.63 Å². The molecule has 0 saturated carbocycles. The topological polar surface area (TPSA) is 85.8 Å². The van der Waals surface area contributed by atoms with Crippen molar-refractivity contribution in [2.24, 2.45) is 5.73 Å². The lowest BCUT2D eigenvalue weighted by atomic mass is 10.0. The van der Waals surface area contributed by atoms with Crippen LogP contribution in [0.3, 0.4) is 0 Å². The molecule has 2 N–H and O–H groups in total. The molecule has 1 fully saturated rings. The second-order valence-corrected chi connectivity index (χ2v) is 6.60. The molecule has 0 radical (unpaired) electrons. The number of rotatable bonds is 4. The van der Waals surface area contributed by atoms with E-state index < -0.39 is 0 Å². The molecule has 0 bridgehead atoms. The highest BCUT2D eigenvalue weighted by Crippen LogP contribution is 2.24. The number of hydrogen-bond acceptors (Lipinski definition) is 5. The minimum atomic E-state index is -0.388. The largest absolute Gasteiger partial charge is 0.497 e. The Morgan fingerprint density at radius 1 is 1.42 bits per heavy atom. The zero-order valence-electron chi connectivity index (χ0n) is 15.1. The normalized spacial score (nSPS) is 17.0. The number of likely N-dealkylation sites (tertiary alicyclic amines) is 1. The van der Waals surface area contributed by atoms with Crippen molar-refractivity contribution in [1.82, 2.24) is 4.90 Å². The van der Waals surface area contributed by atoms with Crippen LogP contribution in [0.5, 0.6) is 5.75 Å². The SMILES string of the molecule is COc1ccc2c(C)c(CCC(=O)N3CCCC(N)C3)c(=O)oc2c1.Cl. The highest BCUT2D eigenvalue weighted by atomic mass is 35.5. The highest BCUT2D eigenvalue weighted by Gasteiger charge is 2.22. The van der Waals surface area contributed by atoms with E-state index in [9.17, 15) is 9.59 Å². The average molecular weight is 381 g/mol. The number of carbonyl (C=O) groups excluding carboxylic acids is 1. The zero-order valence-corrected chi connectivity index (χ0v) is 15.9. The Kier molecular flexibility index (Phi) is 6.67. The van der Waals surface area contributed by atoms with Crippen LogP contribution in [0, 0.1) is 6.92 Å². The number of amides is 1. The van der Waals surface area contributed by atoms with Crippen LogP contribution < -0.4 is 16.1 Å². The fraction of sp³-hybridized carbons (Fsp3) is 0.474. The van der Waals surface area contributed by atoms with E-state index in [1.165, 1.54) is 0 Å². The lowest BCUT2D eigenvalue weighted by molar-refractivity contribution is -0.132. The van der Waals surface area contributed by atoms with E-state index >= 15 is 0 Å². The summed E-state index contributed by atoms with van der Waals surface area (Å²) in [6.07, 6.45) is 2.56. The molecule has 0 aliphatic carbocycles. The first-order chi connectivity index (χ1) is 12.0. The molecule has 1 atom stereocenters. The quantitative estimate of drug-likeness (QED) is 0.823. The number of methoxy groups -OCH3 is 1. The summed E-state index contributed by atoms with van der Waals surface area (Å²) in [6.45, 7) is 3.24. The summed E-state index contributed by atoms with van der Waals surface area (Å²) in [5, 5.41) is 0.864. The number of fused-ring (bicyclic) bond motifs is 1. The zero-order chi connectivity index (χ0) is 18.0. The fourth-order valence-corrected chi connectivity index (χ4v) is 3.42. The monoisotopic (exact) mass is 380 g/mol. The van der Waals surface area contributed by atoms with Gasteiger partial charge in [-0.15, -0.1) is 12.4 Å². The summed E-state index contributed by atoms with van der Waals surface area (Å²) in [7, 11) is 1.57. The van der Waals surface area contributed by atoms with Crippen LogP contribution in [0.25, 0.3) is 11.0 Å². The van der Waals surface area contributed by atoms with Crippen molar-refractivity contribution in [2.45, 2.75) is 38.6 Å². The van der Waals surface area contributed by atoms with Gasteiger partial charge in [-0.1, -0.05) is 0 Å². The predicted molar refractivity (Wildman–Crippen MR) is 103 cm³/mol. The van der Waals surface area contributed by atoms with Crippen LogP contribution in [0.1, 0.15) is 30.4 Å². The van der Waals surface area contributed by atoms with E-state index in [1.54, 1.807) is 18.1 Å². The molecule has 1 amide bonds. The van der Waals surface area contributed by atoms with Crippen LogP contribution in [0.4, 0.5) is 0 Å². The van der Waals surface area contributed by atoms with Crippen LogP contribution in [0.2, 0.25) is 0 Å². The summed E-state index contributed by atoms with van der Waals surface area (Å²) in [5.74, 6) is 0.684. The van der Waals surface area contributed by atoms with Gasteiger partial charge in [0.05, 0.1) is 7.11 Å². The van der Waals surface area contributed by atoms with Crippen molar-refractivity contribution < 1.29 is 13.9 Å². The van der Waals surface area contributed by atoms with E-state index in [4.69, 9.17) is 14.9 Å². The first-order valence-corrected chi connectivity index (χ1v) is 8.63. The Balaban J connectivity index is 0.00000243. The molecule has 1 aromatic carbocycles. The molecule has 1 aliphatic heterocycles. The molecule has 2 aromatic rings. The van der Waals surface area contributed by atoms with Crippen molar-refractivity contribution in [3.63, 3.8) is 0 Å². The number of benzene rings is 1. The summed E-state index contributed by atoms with van der Waals surface area (Å²) >= 11 is 0. The van der Waals surface area contributed by atoms with Crippen molar-refractivity contribution in [3.8, 4) is 5.75 Å². The van der Waals surface area contributed by atoms with Crippen LogP contribution in [-0.2, 0) is 11.2 Å². The smallest absolute Gasteiger partial charge is 0.339 e. The molecule has 1 aromatic heterocycles. The molecule has 2 heterocycles. The van der Waals surface area contributed by atoms with E-state index in [1.807, 2.05) is 19.1 Å². The molecule has 0 spiro atoms. The van der Waals surface area contributed by atoms with Crippen molar-refractivity contribution in [3.05, 3.63) is 39.7 Å². The Morgan fingerprint density at radius 2 is 2.19 bits per heavy atom. The molecule has 1 aliphatic rings. The summed E-state index contributed by atoms with van der Waals surface area (Å²) in [5.41, 5.74) is 7.47. The van der Waals surface area contributed by atoms with Gasteiger partial charge in [0.15, 0.2) is 0 Å². The van der Waals surface area contributed by atoms with Crippen LogP contribution >= 0.6 is 12.4 Å². The van der Waals surface area contributed by atoms with Crippen LogP contribution in [-0.4, -0.2) is 37.0 Å². The van der Waals surface area contributed by atoms with Crippen LogP contribution in [0.15, 0.2) is 27.4 Å². The number of ether oxygens (including phenoxy) is 1. The standard InChI is InChI=1S/C19H24N2O4.ClH/c1-12-15-6-5-14(24-2)10-17(15)25-19(23)16(12)7-8-18(22)21-9-3-4-13(20)11-21;/h5-6,10,13H,3-4,7-9,11,20H2,1-2H3;1H. The lowest BCUT2D eigenvalue weighted by Crippen LogP contribution is -2.45. The highest BCUT2D eigenvalue weighted by molar-refractivity contribution is 5.85. The maximum Gasteiger partial charge on any atom is 0.339 e.